The molecule has 16 heavy (non-hydrogen) atoms. The van der Waals surface area contributed by atoms with E-state index < -0.39 is 11.6 Å². The minimum absolute atomic E-state index is 0.308. The number of aromatic nitrogens is 2. The average molecular weight is 224 g/mol. The molecule has 0 atom stereocenters. The molecule has 0 radical (unpaired) electrons. The van der Waals surface area contributed by atoms with Crippen LogP contribution in [0.1, 0.15) is 31.2 Å². The van der Waals surface area contributed by atoms with Crippen molar-refractivity contribution in [1.82, 2.24) is 9.78 Å². The van der Waals surface area contributed by atoms with Crippen molar-refractivity contribution in [3.8, 4) is 0 Å². The maximum atomic E-state index is 10.8. The second-order valence-electron chi connectivity index (χ2n) is 4.55. The zero-order chi connectivity index (χ0) is 11.8. The largest absolute Gasteiger partial charge is 0.481 e. The molecule has 0 unspecified atom stereocenters. The van der Waals surface area contributed by atoms with E-state index >= 15 is 0 Å². The van der Waals surface area contributed by atoms with Gasteiger partial charge in [0, 0.05) is 18.8 Å². The van der Waals surface area contributed by atoms with Crippen LogP contribution >= 0.6 is 0 Å². The fraction of sp³-hybridized carbons (Fsp3) is 0.636. The first-order valence-electron chi connectivity index (χ1n) is 5.45. The van der Waals surface area contributed by atoms with Crippen LogP contribution in [-0.2, 0) is 17.4 Å². The highest BCUT2D eigenvalue weighted by molar-refractivity contribution is 5.70. The summed E-state index contributed by atoms with van der Waals surface area (Å²) in [5.41, 5.74) is -0.0981. The summed E-state index contributed by atoms with van der Waals surface area (Å²) >= 11 is 0. The molecule has 2 N–H and O–H groups in total. The van der Waals surface area contributed by atoms with Gasteiger partial charge in [-0.25, -0.2) is 0 Å². The predicted molar refractivity (Wildman–Crippen MR) is 56.7 cm³/mol. The van der Waals surface area contributed by atoms with Gasteiger partial charge in [0.1, 0.15) is 0 Å². The lowest BCUT2D eigenvalue weighted by Gasteiger charge is -2.33. The number of nitrogens with zero attached hydrogens (tertiary/aromatic N) is 2. The van der Waals surface area contributed by atoms with Crippen molar-refractivity contribution in [1.29, 1.82) is 0 Å². The Labute approximate surface area is 93.7 Å². The molecule has 0 amide bonds. The van der Waals surface area contributed by atoms with Crippen LogP contribution in [0.3, 0.4) is 0 Å². The van der Waals surface area contributed by atoms with Gasteiger partial charge in [0.05, 0.1) is 17.7 Å². The highest BCUT2D eigenvalue weighted by Gasteiger charge is 2.37. The lowest BCUT2D eigenvalue weighted by Crippen LogP contribution is -2.33. The highest BCUT2D eigenvalue weighted by Crippen LogP contribution is 2.39. The molecular formula is C11H16N2O3. The number of carbonyl (C=O) groups is 1. The summed E-state index contributed by atoms with van der Waals surface area (Å²) in [4.78, 5) is 10.8. The van der Waals surface area contributed by atoms with Crippen molar-refractivity contribution in [2.24, 2.45) is 13.0 Å². The number of aryl methyl sites for hydroxylation is 1. The van der Waals surface area contributed by atoms with Crippen molar-refractivity contribution < 1.29 is 15.0 Å². The molecular weight excluding hydrogens is 208 g/mol. The SMILES string of the molecule is Cn1cc(C2(O)CCC(C(=O)O)CC2)cn1. The minimum atomic E-state index is -0.889. The van der Waals surface area contributed by atoms with Crippen LogP contribution in [0.25, 0.3) is 0 Å². The van der Waals surface area contributed by atoms with Crippen LogP contribution in [0.2, 0.25) is 0 Å². The molecule has 1 aromatic rings. The second kappa shape index (κ2) is 3.90. The Morgan fingerprint density at radius 3 is 2.62 bits per heavy atom. The smallest absolute Gasteiger partial charge is 0.306 e. The lowest BCUT2D eigenvalue weighted by molar-refractivity contribution is -0.145. The normalized spacial score (nSPS) is 30.2. The number of carboxylic acid groups (broad SMARTS) is 1. The number of hydrogen-bond acceptors (Lipinski definition) is 3. The van der Waals surface area contributed by atoms with Crippen LogP contribution in [0.5, 0.6) is 0 Å². The van der Waals surface area contributed by atoms with Crippen molar-refractivity contribution in [3.63, 3.8) is 0 Å². The number of hydrogen-bond donors (Lipinski definition) is 2. The molecule has 5 nitrogen and oxygen atoms in total. The summed E-state index contributed by atoms with van der Waals surface area (Å²) in [7, 11) is 1.80. The van der Waals surface area contributed by atoms with Gasteiger partial charge in [-0.15, -0.1) is 0 Å². The van der Waals surface area contributed by atoms with Gasteiger partial charge in [-0.2, -0.15) is 5.10 Å². The molecule has 1 fully saturated rings. The second-order valence-corrected chi connectivity index (χ2v) is 4.55. The van der Waals surface area contributed by atoms with Crippen LogP contribution in [0, 0.1) is 5.92 Å². The lowest BCUT2D eigenvalue weighted by atomic mass is 9.76. The molecule has 0 aromatic carbocycles. The predicted octanol–water partition coefficient (Wildman–Crippen LogP) is 0.882. The van der Waals surface area contributed by atoms with Crippen LogP contribution < -0.4 is 0 Å². The van der Waals surface area contributed by atoms with E-state index in [-0.39, 0.29) is 5.92 Å². The molecule has 1 aromatic heterocycles. The van der Waals surface area contributed by atoms with Crippen LogP contribution in [0.4, 0.5) is 0 Å². The standard InChI is InChI=1S/C11H16N2O3/c1-13-7-9(6-12-13)11(16)4-2-8(3-5-11)10(14)15/h6-8,16H,2-5H2,1H3,(H,14,15). The summed E-state index contributed by atoms with van der Waals surface area (Å²) in [5, 5.41) is 23.3. The average Bonchev–Trinajstić information content (AvgIpc) is 2.66. The van der Waals surface area contributed by atoms with Gasteiger partial charge in [-0.05, 0) is 25.7 Å². The first kappa shape index (κ1) is 11.1. The monoisotopic (exact) mass is 224 g/mol. The molecule has 0 spiro atoms. The molecule has 1 saturated carbocycles. The topological polar surface area (TPSA) is 75.4 Å². The summed E-state index contributed by atoms with van der Waals surface area (Å²) in [6.45, 7) is 0. The summed E-state index contributed by atoms with van der Waals surface area (Å²) in [6, 6.07) is 0. The van der Waals surface area contributed by atoms with E-state index in [2.05, 4.69) is 5.10 Å². The fourth-order valence-corrected chi connectivity index (χ4v) is 2.29. The summed E-state index contributed by atoms with van der Waals surface area (Å²) in [5.74, 6) is -1.06. The molecule has 1 heterocycles. The Hall–Kier alpha value is -1.36. The first-order valence-corrected chi connectivity index (χ1v) is 5.45. The maximum Gasteiger partial charge on any atom is 0.306 e. The van der Waals surface area contributed by atoms with E-state index in [9.17, 15) is 9.90 Å². The van der Waals surface area contributed by atoms with E-state index in [1.807, 2.05) is 0 Å². The molecule has 2 rings (SSSR count). The Balaban J connectivity index is 2.09. The number of aliphatic carboxylic acids is 1. The van der Waals surface area contributed by atoms with Crippen LogP contribution in [0.15, 0.2) is 12.4 Å². The van der Waals surface area contributed by atoms with E-state index in [0.717, 1.165) is 5.56 Å². The zero-order valence-electron chi connectivity index (χ0n) is 9.26. The molecule has 5 heteroatoms. The van der Waals surface area contributed by atoms with E-state index in [0.29, 0.717) is 25.7 Å². The summed E-state index contributed by atoms with van der Waals surface area (Å²) < 4.78 is 1.65. The molecule has 88 valence electrons. The van der Waals surface area contributed by atoms with Gasteiger partial charge in [0.2, 0.25) is 0 Å². The van der Waals surface area contributed by atoms with Crippen molar-refractivity contribution in [2.45, 2.75) is 31.3 Å². The fourth-order valence-electron chi connectivity index (χ4n) is 2.29. The minimum Gasteiger partial charge on any atom is -0.481 e. The Bertz CT molecular complexity index is 392. The zero-order valence-corrected chi connectivity index (χ0v) is 9.26. The molecule has 0 aliphatic heterocycles. The van der Waals surface area contributed by atoms with Gasteiger partial charge in [-0.1, -0.05) is 0 Å². The number of aliphatic hydroxyl groups is 1. The third-order valence-electron chi connectivity index (χ3n) is 3.40. The maximum absolute atomic E-state index is 10.8. The molecule has 1 aliphatic carbocycles. The molecule has 0 saturated heterocycles. The van der Waals surface area contributed by atoms with E-state index in [4.69, 9.17) is 5.11 Å². The van der Waals surface area contributed by atoms with Crippen molar-refractivity contribution in [2.75, 3.05) is 0 Å². The van der Waals surface area contributed by atoms with Gasteiger partial charge >= 0.3 is 5.97 Å². The van der Waals surface area contributed by atoms with Crippen molar-refractivity contribution >= 4 is 5.97 Å². The van der Waals surface area contributed by atoms with Gasteiger partial charge in [0.25, 0.3) is 0 Å². The Morgan fingerprint density at radius 1 is 1.56 bits per heavy atom. The first-order chi connectivity index (χ1) is 7.51. The van der Waals surface area contributed by atoms with Gasteiger partial charge < -0.3 is 10.2 Å². The number of rotatable bonds is 2. The van der Waals surface area contributed by atoms with Gasteiger partial charge in [-0.3, -0.25) is 9.48 Å². The van der Waals surface area contributed by atoms with E-state index in [1.165, 1.54) is 0 Å². The summed E-state index contributed by atoms with van der Waals surface area (Å²) in [6.07, 6.45) is 5.50. The van der Waals surface area contributed by atoms with E-state index in [1.54, 1.807) is 24.1 Å². The third-order valence-corrected chi connectivity index (χ3v) is 3.40. The van der Waals surface area contributed by atoms with Crippen molar-refractivity contribution in [3.05, 3.63) is 18.0 Å². The highest BCUT2D eigenvalue weighted by atomic mass is 16.4. The van der Waals surface area contributed by atoms with Gasteiger partial charge in [0.15, 0.2) is 0 Å². The Kier molecular flexibility index (Phi) is 2.71. The molecule has 0 bridgehead atoms. The third kappa shape index (κ3) is 1.95. The number of carboxylic acids is 1. The quantitative estimate of drug-likeness (QED) is 0.782. The van der Waals surface area contributed by atoms with Crippen LogP contribution in [-0.4, -0.2) is 26.0 Å². The Morgan fingerprint density at radius 2 is 2.19 bits per heavy atom. The molecule has 1 aliphatic rings.